The van der Waals surface area contributed by atoms with Gasteiger partial charge >= 0.3 is 0 Å². The van der Waals surface area contributed by atoms with E-state index in [0.717, 1.165) is 32.6 Å². The molecule has 0 saturated carbocycles. The molecule has 96 valence electrons. The summed E-state index contributed by atoms with van der Waals surface area (Å²) in [5, 5.41) is 22.1. The third-order valence-corrected chi connectivity index (χ3v) is 2.40. The number of aromatic hydroxyl groups is 2. The van der Waals surface area contributed by atoms with Crippen LogP contribution in [0.4, 0.5) is 0 Å². The van der Waals surface area contributed by atoms with Crippen LogP contribution in [0.2, 0.25) is 0 Å². The van der Waals surface area contributed by atoms with Gasteiger partial charge in [0.1, 0.15) is 0 Å². The average Bonchev–Trinajstić information content (AvgIpc) is 2.33. The minimum Gasteiger partial charge on any atom is -0.504 e. The van der Waals surface area contributed by atoms with Crippen molar-refractivity contribution in [1.29, 1.82) is 0 Å². The van der Waals surface area contributed by atoms with Crippen molar-refractivity contribution in [2.24, 2.45) is 0 Å². The van der Waals surface area contributed by atoms with Gasteiger partial charge in [-0.1, -0.05) is 19.1 Å². The Balaban J connectivity index is 2.16. The Bertz CT molecular complexity index is 328. The highest BCUT2D eigenvalue weighted by Crippen LogP contribution is 2.27. The van der Waals surface area contributed by atoms with Crippen LogP contribution in [0.25, 0.3) is 0 Å². The van der Waals surface area contributed by atoms with Crippen molar-refractivity contribution in [3.05, 3.63) is 23.8 Å². The molecule has 4 nitrogen and oxygen atoms in total. The van der Waals surface area contributed by atoms with Crippen LogP contribution in [0.3, 0.4) is 0 Å². The van der Waals surface area contributed by atoms with E-state index in [-0.39, 0.29) is 11.5 Å². The first-order valence-electron chi connectivity index (χ1n) is 6.04. The summed E-state index contributed by atoms with van der Waals surface area (Å²) in [7, 11) is 0. The molecule has 0 bridgehead atoms. The molecule has 0 fully saturated rings. The van der Waals surface area contributed by atoms with Gasteiger partial charge in [0, 0.05) is 25.3 Å². The van der Waals surface area contributed by atoms with Gasteiger partial charge in [-0.3, -0.25) is 0 Å². The van der Waals surface area contributed by atoms with Crippen LogP contribution in [0.5, 0.6) is 11.5 Å². The van der Waals surface area contributed by atoms with Gasteiger partial charge in [0.2, 0.25) is 0 Å². The number of para-hydroxylation sites is 1. The largest absolute Gasteiger partial charge is 0.504 e. The molecule has 0 saturated heterocycles. The van der Waals surface area contributed by atoms with E-state index in [4.69, 9.17) is 4.74 Å². The average molecular weight is 239 g/mol. The molecule has 0 aliphatic heterocycles. The molecule has 3 N–H and O–H groups in total. The van der Waals surface area contributed by atoms with Gasteiger partial charge < -0.3 is 20.3 Å². The van der Waals surface area contributed by atoms with Gasteiger partial charge in [0.05, 0.1) is 0 Å². The van der Waals surface area contributed by atoms with E-state index in [2.05, 4.69) is 12.2 Å². The summed E-state index contributed by atoms with van der Waals surface area (Å²) in [5.74, 6) is -0.113. The Kier molecular flexibility index (Phi) is 6.43. The molecule has 17 heavy (non-hydrogen) atoms. The monoisotopic (exact) mass is 239 g/mol. The lowest BCUT2D eigenvalue weighted by Gasteiger charge is -2.08. The molecule has 0 spiro atoms. The summed E-state index contributed by atoms with van der Waals surface area (Å²) >= 11 is 0. The highest BCUT2D eigenvalue weighted by Gasteiger charge is 2.04. The van der Waals surface area contributed by atoms with E-state index in [1.165, 1.54) is 6.07 Å². The molecule has 0 aliphatic carbocycles. The second-order valence-corrected chi connectivity index (χ2v) is 3.93. The van der Waals surface area contributed by atoms with Crippen LogP contribution in [0.15, 0.2) is 18.2 Å². The fourth-order valence-corrected chi connectivity index (χ4v) is 1.49. The van der Waals surface area contributed by atoms with Crippen LogP contribution in [0.1, 0.15) is 25.3 Å². The Morgan fingerprint density at radius 2 is 2.06 bits per heavy atom. The number of benzene rings is 1. The summed E-state index contributed by atoms with van der Waals surface area (Å²) in [6.07, 6.45) is 1.99. The van der Waals surface area contributed by atoms with Crippen molar-refractivity contribution in [3.63, 3.8) is 0 Å². The third kappa shape index (κ3) is 5.06. The lowest BCUT2D eigenvalue weighted by molar-refractivity contribution is 0.132. The van der Waals surface area contributed by atoms with Crippen molar-refractivity contribution in [3.8, 4) is 11.5 Å². The van der Waals surface area contributed by atoms with Gasteiger partial charge in [0.25, 0.3) is 0 Å². The van der Waals surface area contributed by atoms with Crippen LogP contribution in [-0.4, -0.2) is 30.0 Å². The molecular weight excluding hydrogens is 218 g/mol. The normalized spacial score (nSPS) is 10.6. The van der Waals surface area contributed by atoms with Crippen LogP contribution in [-0.2, 0) is 11.3 Å². The van der Waals surface area contributed by atoms with Crippen molar-refractivity contribution < 1.29 is 14.9 Å². The van der Waals surface area contributed by atoms with E-state index in [1.807, 2.05) is 0 Å². The molecule has 4 heteroatoms. The van der Waals surface area contributed by atoms with E-state index >= 15 is 0 Å². The highest BCUT2D eigenvalue weighted by molar-refractivity contribution is 5.44. The number of phenolic OH excluding ortho intramolecular Hbond substituents is 2. The molecular formula is C13H21NO3. The minimum atomic E-state index is -0.0735. The highest BCUT2D eigenvalue weighted by atomic mass is 16.5. The van der Waals surface area contributed by atoms with Crippen molar-refractivity contribution in [2.45, 2.75) is 26.3 Å². The minimum absolute atomic E-state index is 0.0396. The smallest absolute Gasteiger partial charge is 0.161 e. The number of hydrogen-bond acceptors (Lipinski definition) is 4. The zero-order valence-electron chi connectivity index (χ0n) is 10.3. The summed E-state index contributed by atoms with van der Waals surface area (Å²) in [5.41, 5.74) is 0.708. The predicted molar refractivity (Wildman–Crippen MR) is 67.2 cm³/mol. The number of hydrogen-bond donors (Lipinski definition) is 3. The number of ether oxygens (including phenoxy) is 1. The Hall–Kier alpha value is -1.26. The fraction of sp³-hybridized carbons (Fsp3) is 0.538. The van der Waals surface area contributed by atoms with E-state index < -0.39 is 0 Å². The Morgan fingerprint density at radius 3 is 2.82 bits per heavy atom. The van der Waals surface area contributed by atoms with Gasteiger partial charge in [0.15, 0.2) is 11.5 Å². The molecule has 0 aliphatic rings. The van der Waals surface area contributed by atoms with Gasteiger partial charge in [-0.15, -0.1) is 0 Å². The standard InChI is InChI=1S/C13H21NO3/c1-2-8-17-9-4-7-14-10-11-5-3-6-12(15)13(11)16/h3,5-6,14-16H,2,4,7-10H2,1H3. The molecule has 0 heterocycles. The van der Waals surface area contributed by atoms with Crippen molar-refractivity contribution >= 4 is 0 Å². The van der Waals surface area contributed by atoms with Crippen LogP contribution < -0.4 is 5.32 Å². The Labute approximate surface area is 102 Å². The molecule has 0 aromatic heterocycles. The molecule has 0 amide bonds. The topological polar surface area (TPSA) is 61.7 Å². The zero-order chi connectivity index (χ0) is 12.5. The maximum atomic E-state index is 9.56. The maximum absolute atomic E-state index is 9.56. The zero-order valence-corrected chi connectivity index (χ0v) is 10.3. The first kappa shape index (κ1) is 13.8. The fourth-order valence-electron chi connectivity index (χ4n) is 1.49. The number of rotatable bonds is 8. The first-order chi connectivity index (χ1) is 8.25. The van der Waals surface area contributed by atoms with E-state index in [1.54, 1.807) is 12.1 Å². The summed E-state index contributed by atoms with van der Waals surface area (Å²) in [4.78, 5) is 0. The van der Waals surface area contributed by atoms with E-state index in [0.29, 0.717) is 12.1 Å². The second kappa shape index (κ2) is 7.92. The van der Waals surface area contributed by atoms with Gasteiger partial charge in [-0.25, -0.2) is 0 Å². The summed E-state index contributed by atoms with van der Waals surface area (Å²) in [6.45, 7) is 5.04. The van der Waals surface area contributed by atoms with Gasteiger partial charge in [-0.2, -0.15) is 0 Å². The molecule has 0 radical (unpaired) electrons. The SMILES string of the molecule is CCCOCCCNCc1cccc(O)c1O. The summed E-state index contributed by atoms with van der Waals surface area (Å²) in [6, 6.07) is 4.98. The molecule has 1 aromatic carbocycles. The first-order valence-corrected chi connectivity index (χ1v) is 6.04. The molecule has 0 atom stereocenters. The van der Waals surface area contributed by atoms with Gasteiger partial charge in [-0.05, 0) is 25.5 Å². The van der Waals surface area contributed by atoms with Crippen molar-refractivity contribution in [1.82, 2.24) is 5.32 Å². The lowest BCUT2D eigenvalue weighted by atomic mass is 10.2. The van der Waals surface area contributed by atoms with Crippen LogP contribution in [0, 0.1) is 0 Å². The number of phenols is 2. The quantitative estimate of drug-likeness (QED) is 0.479. The third-order valence-electron chi connectivity index (χ3n) is 2.40. The number of nitrogens with one attached hydrogen (secondary N) is 1. The van der Waals surface area contributed by atoms with Crippen molar-refractivity contribution in [2.75, 3.05) is 19.8 Å². The predicted octanol–water partition coefficient (Wildman–Crippen LogP) is 2.00. The lowest BCUT2D eigenvalue weighted by Crippen LogP contribution is -2.16. The summed E-state index contributed by atoms with van der Waals surface area (Å²) < 4.78 is 5.35. The molecule has 1 rings (SSSR count). The van der Waals surface area contributed by atoms with E-state index in [9.17, 15) is 10.2 Å². The molecule has 1 aromatic rings. The van der Waals surface area contributed by atoms with Crippen LogP contribution >= 0.6 is 0 Å². The second-order valence-electron chi connectivity index (χ2n) is 3.93. The molecule has 0 unspecified atom stereocenters. The Morgan fingerprint density at radius 1 is 1.24 bits per heavy atom. The maximum Gasteiger partial charge on any atom is 0.161 e.